The van der Waals surface area contributed by atoms with Crippen molar-refractivity contribution in [2.45, 2.75) is 45.2 Å². The number of aryl methyl sites for hydroxylation is 2. The fourth-order valence-electron chi connectivity index (χ4n) is 4.49. The van der Waals surface area contributed by atoms with Gasteiger partial charge >= 0.3 is 0 Å². The summed E-state index contributed by atoms with van der Waals surface area (Å²) in [5.74, 6) is 1.38. The quantitative estimate of drug-likeness (QED) is 0.599. The summed E-state index contributed by atoms with van der Waals surface area (Å²) < 4.78 is 6.04. The fourth-order valence-corrected chi connectivity index (χ4v) is 5.66. The molecule has 0 saturated carbocycles. The van der Waals surface area contributed by atoms with E-state index in [0.29, 0.717) is 23.9 Å². The van der Waals surface area contributed by atoms with Crippen LogP contribution in [0.2, 0.25) is 0 Å². The van der Waals surface area contributed by atoms with Crippen LogP contribution in [0.3, 0.4) is 0 Å². The van der Waals surface area contributed by atoms with Gasteiger partial charge in [0, 0.05) is 24.5 Å². The standard InChI is InChI=1S/C24H27N5OS/c25-15-18-6-8-19(9-7-18)16-28-10-3-11-29(13-12-28)17-23-26-27-24(30-23)22-14-20-4-1-2-5-21(20)31-22/h6-9,14H,1-5,10-13,16-17H2. The normalized spacial score (nSPS) is 17.8. The highest BCUT2D eigenvalue weighted by Crippen LogP contribution is 2.35. The molecule has 2 aliphatic rings. The zero-order valence-corrected chi connectivity index (χ0v) is 18.5. The lowest BCUT2D eigenvalue weighted by Crippen LogP contribution is -2.30. The second kappa shape index (κ2) is 9.31. The SMILES string of the molecule is N#Cc1ccc(CN2CCCN(Cc3nnc(-c4cc5c(s4)CCCC5)o3)CC2)cc1. The molecule has 0 spiro atoms. The van der Waals surface area contributed by atoms with Crippen molar-refractivity contribution >= 4 is 11.3 Å². The Bertz CT molecular complexity index is 1040. The summed E-state index contributed by atoms with van der Waals surface area (Å²) in [4.78, 5) is 7.51. The lowest BCUT2D eigenvalue weighted by atomic mass is 9.99. The van der Waals surface area contributed by atoms with Gasteiger partial charge < -0.3 is 4.42 Å². The molecule has 3 heterocycles. The molecule has 1 aliphatic carbocycles. The van der Waals surface area contributed by atoms with E-state index in [1.54, 1.807) is 0 Å². The van der Waals surface area contributed by atoms with Crippen molar-refractivity contribution in [2.75, 3.05) is 26.2 Å². The number of aromatic nitrogens is 2. The number of thiophene rings is 1. The van der Waals surface area contributed by atoms with E-state index >= 15 is 0 Å². The Kier molecular flexibility index (Phi) is 6.12. The van der Waals surface area contributed by atoms with Crippen molar-refractivity contribution in [3.8, 4) is 16.8 Å². The van der Waals surface area contributed by atoms with E-state index in [1.165, 1.54) is 41.7 Å². The first kappa shape index (κ1) is 20.4. The summed E-state index contributed by atoms with van der Waals surface area (Å²) in [6.07, 6.45) is 6.07. The number of hydrogen-bond acceptors (Lipinski definition) is 7. The molecule has 1 aliphatic heterocycles. The first-order valence-corrected chi connectivity index (χ1v) is 12.0. The van der Waals surface area contributed by atoms with E-state index in [4.69, 9.17) is 9.68 Å². The van der Waals surface area contributed by atoms with E-state index in [-0.39, 0.29) is 0 Å². The van der Waals surface area contributed by atoms with Crippen molar-refractivity contribution in [1.82, 2.24) is 20.0 Å². The van der Waals surface area contributed by atoms with Crippen LogP contribution in [0.1, 0.15) is 46.7 Å². The number of hydrogen-bond donors (Lipinski definition) is 0. The minimum Gasteiger partial charge on any atom is -0.419 e. The summed E-state index contributed by atoms with van der Waals surface area (Å²) in [6.45, 7) is 5.75. The summed E-state index contributed by atoms with van der Waals surface area (Å²) in [7, 11) is 0. The predicted molar refractivity (Wildman–Crippen MR) is 121 cm³/mol. The van der Waals surface area contributed by atoms with Crippen LogP contribution in [0.25, 0.3) is 10.8 Å². The molecule has 5 rings (SSSR count). The Morgan fingerprint density at radius 1 is 0.935 bits per heavy atom. The first-order valence-electron chi connectivity index (χ1n) is 11.1. The van der Waals surface area contributed by atoms with Gasteiger partial charge in [-0.05, 0) is 74.5 Å². The second-order valence-electron chi connectivity index (χ2n) is 8.48. The van der Waals surface area contributed by atoms with Gasteiger partial charge in [-0.25, -0.2) is 0 Å². The van der Waals surface area contributed by atoms with Crippen molar-refractivity contribution in [2.24, 2.45) is 0 Å². The van der Waals surface area contributed by atoms with Gasteiger partial charge in [0.15, 0.2) is 0 Å². The summed E-state index contributed by atoms with van der Waals surface area (Å²) >= 11 is 1.82. The summed E-state index contributed by atoms with van der Waals surface area (Å²) in [5.41, 5.74) is 3.45. The van der Waals surface area contributed by atoms with Crippen molar-refractivity contribution < 1.29 is 4.42 Å². The molecule has 0 bridgehead atoms. The van der Waals surface area contributed by atoms with Crippen LogP contribution in [0.5, 0.6) is 0 Å². The van der Waals surface area contributed by atoms with Crippen LogP contribution in [0.4, 0.5) is 0 Å². The van der Waals surface area contributed by atoms with Gasteiger partial charge in [-0.3, -0.25) is 9.80 Å². The molecule has 0 unspecified atom stereocenters. The molecule has 0 N–H and O–H groups in total. The first-order chi connectivity index (χ1) is 15.3. The van der Waals surface area contributed by atoms with Gasteiger partial charge in [-0.2, -0.15) is 5.26 Å². The Labute approximate surface area is 187 Å². The number of nitrogens with zero attached hydrogens (tertiary/aromatic N) is 5. The van der Waals surface area contributed by atoms with E-state index < -0.39 is 0 Å². The van der Waals surface area contributed by atoms with E-state index in [1.807, 2.05) is 23.5 Å². The largest absolute Gasteiger partial charge is 0.419 e. The van der Waals surface area contributed by atoms with Crippen LogP contribution in [-0.4, -0.2) is 46.2 Å². The lowest BCUT2D eigenvalue weighted by Gasteiger charge is -2.21. The van der Waals surface area contributed by atoms with Crippen molar-refractivity contribution in [3.05, 3.63) is 57.8 Å². The van der Waals surface area contributed by atoms with Crippen LogP contribution in [0, 0.1) is 11.3 Å². The van der Waals surface area contributed by atoms with Gasteiger partial charge in [-0.15, -0.1) is 21.5 Å². The maximum atomic E-state index is 8.96. The second-order valence-corrected chi connectivity index (χ2v) is 9.62. The maximum Gasteiger partial charge on any atom is 0.257 e. The van der Waals surface area contributed by atoms with Gasteiger partial charge in [0.2, 0.25) is 5.89 Å². The highest BCUT2D eigenvalue weighted by atomic mass is 32.1. The third-order valence-corrected chi connectivity index (χ3v) is 7.43. The molecule has 1 saturated heterocycles. The molecule has 31 heavy (non-hydrogen) atoms. The molecule has 1 fully saturated rings. The molecule has 0 atom stereocenters. The zero-order valence-electron chi connectivity index (χ0n) is 17.7. The highest BCUT2D eigenvalue weighted by molar-refractivity contribution is 7.15. The van der Waals surface area contributed by atoms with Crippen LogP contribution < -0.4 is 0 Å². The predicted octanol–water partition coefficient (Wildman–Crippen LogP) is 4.26. The average molecular weight is 434 g/mol. The van der Waals surface area contributed by atoms with Gasteiger partial charge in [-0.1, -0.05) is 12.1 Å². The van der Waals surface area contributed by atoms with Crippen LogP contribution in [0.15, 0.2) is 34.7 Å². The third-order valence-electron chi connectivity index (χ3n) is 6.20. The summed E-state index contributed by atoms with van der Waals surface area (Å²) in [6, 6.07) is 12.4. The Morgan fingerprint density at radius 2 is 1.71 bits per heavy atom. The van der Waals surface area contributed by atoms with Gasteiger partial charge in [0.25, 0.3) is 5.89 Å². The van der Waals surface area contributed by atoms with Crippen LogP contribution in [-0.2, 0) is 25.9 Å². The Balaban J connectivity index is 1.17. The smallest absolute Gasteiger partial charge is 0.257 e. The van der Waals surface area contributed by atoms with Gasteiger partial charge in [0.05, 0.1) is 23.1 Å². The Morgan fingerprint density at radius 3 is 2.48 bits per heavy atom. The van der Waals surface area contributed by atoms with Crippen molar-refractivity contribution in [1.29, 1.82) is 5.26 Å². The fraction of sp³-hybridized carbons (Fsp3) is 0.458. The van der Waals surface area contributed by atoms with E-state index in [9.17, 15) is 0 Å². The number of nitriles is 1. The molecule has 1 aromatic carbocycles. The molecular formula is C24H27N5OS. The number of benzene rings is 1. The average Bonchev–Trinajstić information content (AvgIpc) is 3.38. The minimum absolute atomic E-state index is 0.673. The molecule has 160 valence electrons. The lowest BCUT2D eigenvalue weighted by molar-refractivity contribution is 0.232. The number of rotatable bonds is 5. The maximum absolute atomic E-state index is 8.96. The molecular weight excluding hydrogens is 406 g/mol. The molecule has 0 amide bonds. The van der Waals surface area contributed by atoms with Crippen molar-refractivity contribution in [3.63, 3.8) is 0 Å². The molecule has 3 aromatic rings. The zero-order chi connectivity index (χ0) is 21.0. The highest BCUT2D eigenvalue weighted by Gasteiger charge is 2.20. The Hall–Kier alpha value is -2.53. The van der Waals surface area contributed by atoms with E-state index in [0.717, 1.165) is 44.0 Å². The third kappa shape index (κ3) is 4.87. The number of fused-ring (bicyclic) bond motifs is 1. The molecule has 0 radical (unpaired) electrons. The monoisotopic (exact) mass is 433 g/mol. The molecule has 6 nitrogen and oxygen atoms in total. The molecule has 2 aromatic heterocycles. The van der Waals surface area contributed by atoms with Crippen LogP contribution >= 0.6 is 11.3 Å². The van der Waals surface area contributed by atoms with Gasteiger partial charge in [0.1, 0.15) is 0 Å². The summed E-state index contributed by atoms with van der Waals surface area (Å²) in [5, 5.41) is 17.6. The minimum atomic E-state index is 0.673. The topological polar surface area (TPSA) is 69.2 Å². The van der Waals surface area contributed by atoms with E-state index in [2.05, 4.69) is 44.3 Å². The molecule has 7 heteroatoms.